The third kappa shape index (κ3) is 8.50. The summed E-state index contributed by atoms with van der Waals surface area (Å²) in [5, 5.41) is 37.4. The number of aromatic hydroxyl groups is 1. The van der Waals surface area contributed by atoms with Gasteiger partial charge in [0.25, 0.3) is 5.91 Å². The molecule has 0 radical (unpaired) electrons. The molecular weight excluding hydrogens is 740 g/mol. The number of piperidine rings is 3. The number of aliphatic hydroxyl groups excluding tert-OH is 1. The summed E-state index contributed by atoms with van der Waals surface area (Å²) < 4.78 is 12.8. The quantitative estimate of drug-likeness (QED) is 0.0702. The van der Waals surface area contributed by atoms with E-state index in [1.54, 1.807) is 15.5 Å². The molecule has 3 fully saturated rings. The molecule has 15 heteroatoms. The van der Waals surface area contributed by atoms with E-state index in [0.717, 1.165) is 79.7 Å². The van der Waals surface area contributed by atoms with Crippen LogP contribution in [-0.4, -0.2) is 75.6 Å². The van der Waals surface area contributed by atoms with Crippen molar-refractivity contribution in [3.8, 4) is 22.6 Å². The zero-order chi connectivity index (χ0) is 38.1. The number of amides is 2. The molecule has 302 valence electrons. The van der Waals surface area contributed by atoms with Crippen LogP contribution < -0.4 is 26.0 Å². The second-order valence-corrected chi connectivity index (χ2v) is 14.7. The summed E-state index contributed by atoms with van der Waals surface area (Å²) in [7, 11) is 0. The molecule has 4 aliphatic heterocycles. The van der Waals surface area contributed by atoms with Gasteiger partial charge in [0.15, 0.2) is 17.9 Å². The van der Waals surface area contributed by atoms with Crippen molar-refractivity contribution in [3.05, 3.63) is 106 Å². The lowest BCUT2D eigenvalue weighted by Crippen LogP contribution is -2.59. The van der Waals surface area contributed by atoms with Gasteiger partial charge < -0.3 is 40.0 Å². The number of unbranched alkanes of at least 4 members (excludes halogenated alkanes) is 1. The van der Waals surface area contributed by atoms with Gasteiger partial charge in [0, 0.05) is 37.3 Å². The Balaban J connectivity index is 0.00000275. The highest BCUT2D eigenvalue weighted by atomic mass is 19.0. The highest BCUT2D eigenvalue weighted by molar-refractivity contribution is 5.97. The van der Waals surface area contributed by atoms with Crippen molar-refractivity contribution in [1.29, 1.82) is 0 Å². The number of rotatable bonds is 13. The van der Waals surface area contributed by atoms with Gasteiger partial charge in [-0.3, -0.25) is 23.7 Å². The molecule has 5 aromatic rings. The third-order valence-corrected chi connectivity index (χ3v) is 11.2. The van der Waals surface area contributed by atoms with Gasteiger partial charge in [-0.1, -0.05) is 48.5 Å². The molecule has 1 aromatic heterocycles. The van der Waals surface area contributed by atoms with Crippen LogP contribution in [0.25, 0.3) is 22.2 Å². The van der Waals surface area contributed by atoms with Crippen LogP contribution >= 0.6 is 0 Å². The van der Waals surface area contributed by atoms with E-state index in [4.69, 9.17) is 9.15 Å². The highest BCUT2D eigenvalue weighted by Crippen LogP contribution is 2.42. The zero-order valence-corrected chi connectivity index (χ0v) is 31.3. The standard InChI is InChI=1S/C42H45N5O8.2FH/c48-35-14-12-31(40-39(35)44-38(50)25-54-40)36(49)23-43-22-27-10-13-32-37(21-27)55-42(53)46(32)17-5-4-6-26-9-11-30(28-7-2-1-3-8-28)33(20-26)47(41(51)52)34-24-45-18-15-29(34)16-19-45;;/h1-3,7-14,20-21,29,34,36,43,48-49H,4-6,15-19,22-25H2,(H,44,50)(H,51,52);2*1H/t34?,36-;;/m0../s1. The zero-order valence-electron chi connectivity index (χ0n) is 31.3. The van der Waals surface area contributed by atoms with E-state index in [1.165, 1.54) is 6.07 Å². The molecule has 57 heavy (non-hydrogen) atoms. The fraction of sp³-hybridized carbons (Fsp3) is 0.357. The molecule has 1 unspecified atom stereocenters. The number of phenolic OH excluding ortho intramolecular Hbond substituents is 1. The van der Waals surface area contributed by atoms with Crippen LogP contribution in [0.1, 0.15) is 48.5 Å². The van der Waals surface area contributed by atoms with Crippen LogP contribution in [0.15, 0.2) is 88.1 Å². The Morgan fingerprint density at radius 3 is 2.47 bits per heavy atom. The van der Waals surface area contributed by atoms with Crippen LogP contribution in [0, 0.1) is 5.92 Å². The van der Waals surface area contributed by atoms with Crippen molar-refractivity contribution in [1.82, 2.24) is 14.8 Å². The lowest BCUT2D eigenvalue weighted by molar-refractivity contribution is -0.118. The van der Waals surface area contributed by atoms with E-state index >= 15 is 0 Å². The fourth-order valence-electron chi connectivity index (χ4n) is 8.38. The van der Waals surface area contributed by atoms with E-state index in [-0.39, 0.29) is 51.7 Å². The molecule has 5 N–H and O–H groups in total. The predicted molar refractivity (Wildman–Crippen MR) is 213 cm³/mol. The first kappa shape index (κ1) is 40.9. The van der Waals surface area contributed by atoms with Gasteiger partial charge in [0.2, 0.25) is 0 Å². The number of aliphatic hydroxyl groups is 1. The van der Waals surface area contributed by atoms with Crippen LogP contribution in [0.4, 0.5) is 25.6 Å². The number of hydrogen-bond donors (Lipinski definition) is 5. The average Bonchev–Trinajstić information content (AvgIpc) is 3.51. The van der Waals surface area contributed by atoms with Gasteiger partial charge in [0.05, 0.1) is 23.3 Å². The highest BCUT2D eigenvalue weighted by Gasteiger charge is 2.41. The molecule has 4 aromatic carbocycles. The van der Waals surface area contributed by atoms with Crippen molar-refractivity contribution >= 4 is 34.5 Å². The van der Waals surface area contributed by atoms with Gasteiger partial charge >= 0.3 is 11.8 Å². The number of aromatic nitrogens is 1. The van der Waals surface area contributed by atoms with Crippen LogP contribution in [-0.2, 0) is 24.3 Å². The first-order valence-electron chi connectivity index (χ1n) is 19.0. The number of nitrogens with one attached hydrogen (secondary N) is 2. The second kappa shape index (κ2) is 17.6. The first-order chi connectivity index (χ1) is 26.7. The number of carbonyl (C=O) groups is 2. The fourth-order valence-corrected chi connectivity index (χ4v) is 8.38. The SMILES string of the molecule is F.F.O=C1COc2c([C@@H](O)CNCc3ccc4c(c3)oc(=O)n4CCCCc3ccc(-c4ccccc4)c(N(C(=O)O)C4CN5CCC4CC5)c3)ccc(O)c2N1. The van der Waals surface area contributed by atoms with Crippen LogP contribution in [0.2, 0.25) is 0 Å². The molecule has 0 aliphatic carbocycles. The van der Waals surface area contributed by atoms with Crippen LogP contribution in [0.5, 0.6) is 11.5 Å². The molecule has 2 atom stereocenters. The number of phenols is 1. The number of oxazole rings is 1. The monoisotopic (exact) mass is 787 g/mol. The number of carbonyl (C=O) groups excluding carboxylic acids is 1. The predicted octanol–water partition coefficient (Wildman–Crippen LogP) is 6.03. The molecule has 3 saturated heterocycles. The Labute approximate surface area is 327 Å². The summed E-state index contributed by atoms with van der Waals surface area (Å²) in [5.74, 6) is -0.355. The van der Waals surface area contributed by atoms with Crippen molar-refractivity contribution in [2.45, 2.75) is 57.3 Å². The smallest absolute Gasteiger partial charge is 0.419 e. The van der Waals surface area contributed by atoms with Crippen LogP contribution in [0.3, 0.4) is 0 Å². The molecule has 0 spiro atoms. The molecule has 9 rings (SSSR count). The normalized spacial score (nSPS) is 18.8. The first-order valence-corrected chi connectivity index (χ1v) is 19.0. The number of carboxylic acid groups (broad SMARTS) is 1. The van der Waals surface area contributed by atoms with Gasteiger partial charge in [-0.2, -0.15) is 0 Å². The largest absolute Gasteiger partial charge is 0.506 e. The number of anilines is 2. The third-order valence-electron chi connectivity index (χ3n) is 11.2. The van der Waals surface area contributed by atoms with Crippen molar-refractivity contribution < 1.29 is 43.5 Å². The Hall–Kier alpha value is -5.77. The molecule has 4 aliphatic rings. The summed E-state index contributed by atoms with van der Waals surface area (Å²) >= 11 is 0. The van der Waals surface area contributed by atoms with E-state index in [9.17, 15) is 29.7 Å². The maximum atomic E-state index is 12.9. The van der Waals surface area contributed by atoms with Crippen molar-refractivity contribution in [3.63, 3.8) is 0 Å². The minimum Gasteiger partial charge on any atom is -0.506 e. The Bertz CT molecular complexity index is 2270. The number of hydrogen-bond acceptors (Lipinski definition) is 9. The van der Waals surface area contributed by atoms with Gasteiger partial charge in [-0.15, -0.1) is 0 Å². The molecule has 0 saturated carbocycles. The number of halogens is 2. The Morgan fingerprint density at radius 2 is 1.74 bits per heavy atom. The van der Waals surface area contributed by atoms with Gasteiger partial charge in [-0.05, 0) is 98.1 Å². The summed E-state index contributed by atoms with van der Waals surface area (Å²) in [6, 6.07) is 24.6. The van der Waals surface area contributed by atoms with Crippen molar-refractivity contribution in [2.24, 2.45) is 5.92 Å². The van der Waals surface area contributed by atoms with Gasteiger partial charge in [-0.25, -0.2) is 9.59 Å². The minimum absolute atomic E-state index is 0. The number of fused-ring (bicyclic) bond motifs is 5. The topological polar surface area (TPSA) is 170 Å². The lowest BCUT2D eigenvalue weighted by atomic mass is 9.82. The number of benzene rings is 4. The maximum absolute atomic E-state index is 12.9. The average molecular weight is 788 g/mol. The van der Waals surface area contributed by atoms with E-state index in [1.807, 2.05) is 60.7 Å². The van der Waals surface area contributed by atoms with Crippen molar-refractivity contribution in [2.75, 3.05) is 43.0 Å². The molecule has 13 nitrogen and oxygen atoms in total. The number of aryl methyl sites for hydroxylation is 2. The maximum Gasteiger partial charge on any atom is 0.419 e. The molecular formula is C42H47F2N5O8. The molecule has 5 heterocycles. The van der Waals surface area contributed by atoms with E-state index in [2.05, 4.69) is 21.6 Å². The minimum atomic E-state index is -0.971. The Kier molecular flexibility index (Phi) is 12.6. The van der Waals surface area contributed by atoms with Gasteiger partial charge in [0.1, 0.15) is 11.4 Å². The van der Waals surface area contributed by atoms with E-state index < -0.39 is 18.0 Å². The summed E-state index contributed by atoms with van der Waals surface area (Å²) in [6.07, 6.45) is 2.39. The number of ether oxygens (including phenoxy) is 1. The van der Waals surface area contributed by atoms with E-state index in [0.29, 0.717) is 35.7 Å². The summed E-state index contributed by atoms with van der Waals surface area (Å²) in [6.45, 7) is 3.65. The Morgan fingerprint density at radius 1 is 0.965 bits per heavy atom. The lowest BCUT2D eigenvalue weighted by Gasteiger charge is -2.48. The molecule has 2 amide bonds. The number of nitrogens with zero attached hydrogens (tertiary/aromatic N) is 3. The molecule has 2 bridgehead atoms. The second-order valence-electron chi connectivity index (χ2n) is 14.7. The summed E-state index contributed by atoms with van der Waals surface area (Å²) in [4.78, 5) is 41.6. The summed E-state index contributed by atoms with van der Waals surface area (Å²) in [5.41, 5.74) is 6.30.